The van der Waals surface area contributed by atoms with Crippen LogP contribution < -0.4 is 0 Å². The van der Waals surface area contributed by atoms with Crippen LogP contribution in [0.2, 0.25) is 0 Å². The molecule has 1 aliphatic heterocycles. The smallest absolute Gasteiger partial charge is 0.410 e. The highest BCUT2D eigenvalue weighted by Crippen LogP contribution is 2.41. The maximum atomic E-state index is 12.9. The van der Waals surface area contributed by atoms with Crippen molar-refractivity contribution in [3.63, 3.8) is 0 Å². The van der Waals surface area contributed by atoms with E-state index in [4.69, 9.17) is 9.72 Å². The Morgan fingerprint density at radius 1 is 1.11 bits per heavy atom. The third-order valence-electron chi connectivity index (χ3n) is 7.38. The Bertz CT molecular complexity index is 1460. The van der Waals surface area contributed by atoms with Crippen LogP contribution >= 0.6 is 0 Å². The van der Waals surface area contributed by atoms with E-state index in [-0.39, 0.29) is 6.09 Å². The second kappa shape index (κ2) is 9.12. The molecule has 180 valence electrons. The van der Waals surface area contributed by atoms with Crippen molar-refractivity contribution in [3.05, 3.63) is 84.3 Å². The number of fused-ring (bicyclic) bond motifs is 1. The second-order valence-corrected chi connectivity index (χ2v) is 9.96. The summed E-state index contributed by atoms with van der Waals surface area (Å²) < 4.78 is 8.19. The molecule has 7 heteroatoms. The number of carbonyl (C=O) groups is 1. The van der Waals surface area contributed by atoms with Gasteiger partial charge in [0.2, 0.25) is 0 Å². The number of carbonyl (C=O) groups excluding carboxylic acids is 1. The topological polar surface area (TPSA) is 84.0 Å². The van der Waals surface area contributed by atoms with Crippen molar-refractivity contribution < 1.29 is 9.53 Å². The van der Waals surface area contributed by atoms with Gasteiger partial charge in [0, 0.05) is 12.1 Å². The molecule has 2 aliphatic rings. The Morgan fingerprint density at radius 3 is 2.86 bits per heavy atom. The van der Waals surface area contributed by atoms with E-state index in [2.05, 4.69) is 15.6 Å². The molecule has 7 nitrogen and oxygen atoms in total. The first-order chi connectivity index (χ1) is 17.6. The summed E-state index contributed by atoms with van der Waals surface area (Å²) in [5.41, 5.74) is 4.87. The van der Waals surface area contributed by atoms with Crippen LogP contribution in [0.25, 0.3) is 22.3 Å². The van der Waals surface area contributed by atoms with Crippen LogP contribution in [0.1, 0.15) is 36.9 Å². The Balaban J connectivity index is 1.16. The molecule has 4 aromatic rings. The van der Waals surface area contributed by atoms with E-state index in [1.807, 2.05) is 67.0 Å². The average molecular weight is 478 g/mol. The lowest BCUT2D eigenvalue weighted by Crippen LogP contribution is -2.40. The maximum Gasteiger partial charge on any atom is 0.410 e. The summed E-state index contributed by atoms with van der Waals surface area (Å²) in [6.45, 7) is 1.82. The van der Waals surface area contributed by atoms with Gasteiger partial charge in [0.05, 0.1) is 53.5 Å². The molecule has 2 fully saturated rings. The molecule has 36 heavy (non-hydrogen) atoms. The molecule has 6 rings (SSSR count). The molecule has 2 atom stereocenters. The van der Waals surface area contributed by atoms with Gasteiger partial charge in [0.25, 0.3) is 0 Å². The normalized spacial score (nSPS) is 21.6. The first-order valence-corrected chi connectivity index (χ1v) is 12.5. The largest absolute Gasteiger partial charge is 0.441 e. The van der Waals surface area contributed by atoms with Gasteiger partial charge in [-0.2, -0.15) is 5.26 Å². The fourth-order valence-electron chi connectivity index (χ4n) is 5.73. The van der Waals surface area contributed by atoms with E-state index >= 15 is 0 Å². The molecule has 1 saturated carbocycles. The number of nitriles is 1. The van der Waals surface area contributed by atoms with Gasteiger partial charge < -0.3 is 9.30 Å². The quantitative estimate of drug-likeness (QED) is 0.376. The van der Waals surface area contributed by atoms with E-state index < -0.39 is 5.60 Å². The molecular weight excluding hydrogens is 450 g/mol. The van der Waals surface area contributed by atoms with Crippen LogP contribution in [-0.4, -0.2) is 37.7 Å². The number of ether oxygens (including phenoxy) is 1. The minimum atomic E-state index is -0.453. The van der Waals surface area contributed by atoms with Gasteiger partial charge in [-0.3, -0.25) is 9.88 Å². The van der Waals surface area contributed by atoms with Crippen LogP contribution in [0.3, 0.4) is 0 Å². The fourth-order valence-corrected chi connectivity index (χ4v) is 5.73. The van der Waals surface area contributed by atoms with E-state index in [9.17, 15) is 10.1 Å². The van der Waals surface area contributed by atoms with Gasteiger partial charge in [-0.25, -0.2) is 9.78 Å². The monoisotopic (exact) mass is 477 g/mol. The first-order valence-electron chi connectivity index (χ1n) is 12.5. The standard InChI is InChI=1S/C29H27N5O2/c30-16-21-11-12-26-27(14-21)34(20-31-26)17-22-6-5-13-29(15-22)19-33(28(35)36-29)18-24-9-4-10-25(32-24)23-7-2-1-3-8-23/h1-4,7-12,14,20,22H,5-6,13,15,17-19H2/t22-,29-/m0/s1. The summed E-state index contributed by atoms with van der Waals surface area (Å²) in [5.74, 6) is 0.370. The first kappa shape index (κ1) is 22.3. The highest BCUT2D eigenvalue weighted by Gasteiger charge is 2.48. The SMILES string of the molecule is N#Cc1ccc2ncn(C[C@H]3CCC[C@]4(C3)CN(Cc3cccc(-c5ccccc5)n3)C(=O)O4)c2c1. The van der Waals surface area contributed by atoms with Gasteiger partial charge in [-0.05, 0) is 61.9 Å². The molecule has 3 heterocycles. The Kier molecular flexibility index (Phi) is 5.65. The fraction of sp³-hybridized carbons (Fsp3) is 0.310. The molecule has 1 aliphatic carbocycles. The molecule has 0 radical (unpaired) electrons. The van der Waals surface area contributed by atoms with Crippen molar-refractivity contribution in [1.82, 2.24) is 19.4 Å². The van der Waals surface area contributed by atoms with Crippen LogP contribution in [-0.2, 0) is 17.8 Å². The third kappa shape index (κ3) is 4.31. The highest BCUT2D eigenvalue weighted by atomic mass is 16.6. The molecule has 0 bridgehead atoms. The van der Waals surface area contributed by atoms with Crippen molar-refractivity contribution in [1.29, 1.82) is 5.26 Å². The van der Waals surface area contributed by atoms with Gasteiger partial charge in [0.1, 0.15) is 5.60 Å². The van der Waals surface area contributed by atoms with Gasteiger partial charge in [0.15, 0.2) is 0 Å². The third-order valence-corrected chi connectivity index (χ3v) is 7.38. The summed E-state index contributed by atoms with van der Waals surface area (Å²) in [4.78, 5) is 24.0. The number of hydrogen-bond acceptors (Lipinski definition) is 5. The number of benzene rings is 2. The zero-order valence-electron chi connectivity index (χ0n) is 20.0. The zero-order chi connectivity index (χ0) is 24.5. The van der Waals surface area contributed by atoms with Crippen molar-refractivity contribution in [3.8, 4) is 17.3 Å². The molecular formula is C29H27N5O2. The van der Waals surface area contributed by atoms with Crippen LogP contribution in [0.15, 0.2) is 73.1 Å². The van der Waals surface area contributed by atoms with Gasteiger partial charge >= 0.3 is 6.09 Å². The second-order valence-electron chi connectivity index (χ2n) is 9.96. The minimum absolute atomic E-state index is 0.255. The molecule has 0 unspecified atom stereocenters. The lowest BCUT2D eigenvalue weighted by molar-refractivity contribution is 0.00415. The predicted octanol–water partition coefficient (Wildman–Crippen LogP) is 5.55. The van der Waals surface area contributed by atoms with Crippen LogP contribution in [0.5, 0.6) is 0 Å². The van der Waals surface area contributed by atoms with Gasteiger partial charge in [-0.1, -0.05) is 36.4 Å². The lowest BCUT2D eigenvalue weighted by atomic mass is 9.78. The summed E-state index contributed by atoms with van der Waals surface area (Å²) in [5, 5.41) is 9.28. The van der Waals surface area contributed by atoms with Crippen molar-refractivity contribution in [2.75, 3.05) is 6.54 Å². The van der Waals surface area contributed by atoms with E-state index in [0.717, 1.165) is 60.2 Å². The number of aromatic nitrogens is 3. The van der Waals surface area contributed by atoms with Crippen LogP contribution in [0.4, 0.5) is 4.79 Å². The van der Waals surface area contributed by atoms with Crippen molar-refractivity contribution in [2.45, 2.75) is 44.4 Å². The van der Waals surface area contributed by atoms with Crippen molar-refractivity contribution in [2.24, 2.45) is 5.92 Å². The minimum Gasteiger partial charge on any atom is -0.441 e. The van der Waals surface area contributed by atoms with E-state index in [0.29, 0.717) is 24.6 Å². The van der Waals surface area contributed by atoms with Crippen molar-refractivity contribution >= 4 is 17.1 Å². The predicted molar refractivity (Wildman–Crippen MR) is 136 cm³/mol. The molecule has 1 saturated heterocycles. The summed E-state index contributed by atoms with van der Waals surface area (Å²) >= 11 is 0. The molecule has 2 aromatic carbocycles. The zero-order valence-corrected chi connectivity index (χ0v) is 20.0. The number of nitrogens with zero attached hydrogens (tertiary/aromatic N) is 5. The maximum absolute atomic E-state index is 12.9. The lowest BCUT2D eigenvalue weighted by Gasteiger charge is -2.36. The van der Waals surface area contributed by atoms with Crippen LogP contribution in [0, 0.1) is 17.2 Å². The number of imidazole rings is 1. The molecule has 1 amide bonds. The molecule has 0 N–H and O–H groups in total. The number of amides is 1. The van der Waals surface area contributed by atoms with E-state index in [1.54, 1.807) is 11.0 Å². The summed E-state index contributed by atoms with van der Waals surface area (Å²) in [7, 11) is 0. The van der Waals surface area contributed by atoms with E-state index in [1.165, 1.54) is 0 Å². The molecule has 2 aromatic heterocycles. The van der Waals surface area contributed by atoms with Gasteiger partial charge in [-0.15, -0.1) is 0 Å². The Labute approximate surface area is 210 Å². The Morgan fingerprint density at radius 2 is 2.00 bits per heavy atom. The number of pyridine rings is 1. The average Bonchev–Trinajstić information content (AvgIpc) is 3.44. The highest BCUT2D eigenvalue weighted by molar-refractivity contribution is 5.77. The molecule has 1 spiro atoms. The number of hydrogen-bond donors (Lipinski definition) is 0. The Hall–Kier alpha value is -4.18. The summed E-state index contributed by atoms with van der Waals surface area (Å²) in [6, 6.07) is 23.8. The number of rotatable bonds is 5. The summed E-state index contributed by atoms with van der Waals surface area (Å²) in [6.07, 6.45) is 5.40.